The van der Waals surface area contributed by atoms with Crippen molar-refractivity contribution in [3.05, 3.63) is 63.6 Å². The van der Waals surface area contributed by atoms with E-state index in [-0.39, 0.29) is 24.5 Å². The molecule has 0 saturated heterocycles. The number of hydrogen-bond donors (Lipinski definition) is 0. The molecule has 0 unspecified atom stereocenters. The summed E-state index contributed by atoms with van der Waals surface area (Å²) >= 11 is 3.45. The minimum absolute atomic E-state index is 0.139. The third-order valence-electron chi connectivity index (χ3n) is 3.90. The summed E-state index contributed by atoms with van der Waals surface area (Å²) in [5, 5.41) is 9.12. The quantitative estimate of drug-likeness (QED) is 0.224. The van der Waals surface area contributed by atoms with E-state index in [1.165, 1.54) is 11.6 Å². The van der Waals surface area contributed by atoms with Gasteiger partial charge in [-0.25, -0.2) is 9.59 Å². The Bertz CT molecular complexity index is 978. The van der Waals surface area contributed by atoms with Crippen molar-refractivity contribution in [3.63, 3.8) is 0 Å². The SMILES string of the molecule is CCCc1ccc(OCC(=O)Oc2cccc(/C=C(\C#N)C(=O)OCC)c2)c(Br)c1. The second kappa shape index (κ2) is 11.8. The second-order valence-corrected chi connectivity index (χ2v) is 7.09. The lowest BCUT2D eigenvalue weighted by molar-refractivity contribution is -0.138. The monoisotopic (exact) mass is 471 g/mol. The van der Waals surface area contributed by atoms with Gasteiger partial charge in [0, 0.05) is 0 Å². The molecule has 0 fully saturated rings. The Balaban J connectivity index is 2.00. The summed E-state index contributed by atoms with van der Waals surface area (Å²) in [5.74, 6) is -0.453. The van der Waals surface area contributed by atoms with Crippen LogP contribution in [0.25, 0.3) is 6.08 Å². The van der Waals surface area contributed by atoms with E-state index in [9.17, 15) is 9.59 Å². The lowest BCUT2D eigenvalue weighted by Crippen LogP contribution is -2.17. The lowest BCUT2D eigenvalue weighted by Gasteiger charge is -2.10. The van der Waals surface area contributed by atoms with Gasteiger partial charge in [0.25, 0.3) is 0 Å². The summed E-state index contributed by atoms with van der Waals surface area (Å²) < 4.78 is 16.4. The van der Waals surface area contributed by atoms with Gasteiger partial charge < -0.3 is 14.2 Å². The van der Waals surface area contributed by atoms with Crippen molar-refractivity contribution in [1.29, 1.82) is 5.26 Å². The number of ether oxygens (including phenoxy) is 3. The summed E-state index contributed by atoms with van der Waals surface area (Å²) in [5.41, 5.74) is 1.57. The number of nitriles is 1. The molecule has 0 aromatic heterocycles. The van der Waals surface area contributed by atoms with Crippen molar-refractivity contribution in [2.24, 2.45) is 0 Å². The van der Waals surface area contributed by atoms with Gasteiger partial charge in [0.05, 0.1) is 11.1 Å². The number of benzene rings is 2. The number of carbonyl (C=O) groups is 2. The van der Waals surface area contributed by atoms with Crippen LogP contribution in [0.3, 0.4) is 0 Å². The number of halogens is 1. The summed E-state index contributed by atoms with van der Waals surface area (Å²) in [4.78, 5) is 23.9. The van der Waals surface area contributed by atoms with Crippen molar-refractivity contribution < 1.29 is 23.8 Å². The van der Waals surface area contributed by atoms with Gasteiger partial charge >= 0.3 is 11.9 Å². The molecule has 0 atom stereocenters. The first-order valence-corrected chi connectivity index (χ1v) is 10.3. The minimum atomic E-state index is -0.702. The fourth-order valence-electron chi connectivity index (χ4n) is 2.58. The second-order valence-electron chi connectivity index (χ2n) is 6.24. The number of rotatable bonds is 9. The molecule has 0 N–H and O–H groups in total. The van der Waals surface area contributed by atoms with Crippen LogP contribution < -0.4 is 9.47 Å². The topological polar surface area (TPSA) is 85.6 Å². The van der Waals surface area contributed by atoms with Crippen LogP contribution in [0.15, 0.2) is 52.5 Å². The summed E-state index contributed by atoms with van der Waals surface area (Å²) in [6.45, 7) is 3.68. The maximum Gasteiger partial charge on any atom is 0.349 e. The molecule has 0 radical (unpaired) electrons. The highest BCUT2D eigenvalue weighted by Crippen LogP contribution is 2.26. The summed E-state index contributed by atoms with van der Waals surface area (Å²) in [6, 6.07) is 14.0. The Labute approximate surface area is 184 Å². The molecule has 0 amide bonds. The first-order chi connectivity index (χ1) is 14.5. The van der Waals surface area contributed by atoms with E-state index in [2.05, 4.69) is 22.9 Å². The number of esters is 2. The van der Waals surface area contributed by atoms with E-state index in [1.807, 2.05) is 18.2 Å². The fraction of sp³-hybridized carbons (Fsp3) is 0.261. The maximum absolute atomic E-state index is 12.1. The third kappa shape index (κ3) is 7.05. The number of hydrogen-bond acceptors (Lipinski definition) is 6. The van der Waals surface area contributed by atoms with Crippen molar-refractivity contribution in [2.75, 3.05) is 13.2 Å². The molecule has 156 valence electrons. The van der Waals surface area contributed by atoms with Crippen molar-refractivity contribution in [2.45, 2.75) is 26.7 Å². The Kier molecular flexibility index (Phi) is 9.10. The normalized spacial score (nSPS) is 10.8. The minimum Gasteiger partial charge on any atom is -0.481 e. The van der Waals surface area contributed by atoms with Crippen LogP contribution in [0, 0.1) is 11.3 Å². The molecular weight excluding hydrogens is 450 g/mol. The van der Waals surface area contributed by atoms with Crippen LogP contribution >= 0.6 is 15.9 Å². The van der Waals surface area contributed by atoms with Gasteiger partial charge in [0.1, 0.15) is 23.1 Å². The molecular formula is C23H22BrNO5. The molecule has 0 spiro atoms. The van der Waals surface area contributed by atoms with Crippen LogP contribution in [0.4, 0.5) is 0 Å². The molecule has 2 aromatic carbocycles. The molecule has 2 rings (SSSR count). The molecule has 2 aromatic rings. The summed E-state index contributed by atoms with van der Waals surface area (Å²) in [7, 11) is 0. The predicted molar refractivity (Wildman–Crippen MR) is 116 cm³/mol. The zero-order valence-corrected chi connectivity index (χ0v) is 18.4. The molecule has 0 aliphatic carbocycles. The van der Waals surface area contributed by atoms with E-state index in [4.69, 9.17) is 19.5 Å². The van der Waals surface area contributed by atoms with E-state index in [0.29, 0.717) is 11.3 Å². The first kappa shape index (κ1) is 23.2. The molecule has 30 heavy (non-hydrogen) atoms. The molecule has 6 nitrogen and oxygen atoms in total. The largest absolute Gasteiger partial charge is 0.481 e. The molecule has 7 heteroatoms. The zero-order valence-electron chi connectivity index (χ0n) is 16.8. The maximum atomic E-state index is 12.1. The molecule has 0 aliphatic heterocycles. The third-order valence-corrected chi connectivity index (χ3v) is 4.52. The van der Waals surface area contributed by atoms with E-state index in [1.54, 1.807) is 37.3 Å². The Hall–Kier alpha value is -3.11. The highest BCUT2D eigenvalue weighted by molar-refractivity contribution is 9.10. The first-order valence-electron chi connectivity index (χ1n) is 9.47. The van der Waals surface area contributed by atoms with E-state index >= 15 is 0 Å². The fourth-order valence-corrected chi connectivity index (χ4v) is 3.12. The van der Waals surface area contributed by atoms with Gasteiger partial charge in [-0.1, -0.05) is 31.5 Å². The zero-order chi connectivity index (χ0) is 21.9. The van der Waals surface area contributed by atoms with Crippen LogP contribution in [0.2, 0.25) is 0 Å². The number of nitrogens with zero attached hydrogens (tertiary/aromatic N) is 1. The standard InChI is InChI=1S/C23H22BrNO5/c1-3-6-16-9-10-21(20(24)13-16)29-15-22(26)30-19-8-5-7-17(12-19)11-18(14-25)23(27)28-4-2/h5,7-13H,3-4,6,15H2,1-2H3/b18-11+. The van der Waals surface area contributed by atoms with Crippen molar-refractivity contribution in [1.82, 2.24) is 0 Å². The van der Waals surface area contributed by atoms with Crippen LogP contribution in [-0.4, -0.2) is 25.2 Å². The van der Waals surface area contributed by atoms with E-state index in [0.717, 1.165) is 17.3 Å². The van der Waals surface area contributed by atoms with Gasteiger partial charge in [0.2, 0.25) is 0 Å². The van der Waals surface area contributed by atoms with Crippen LogP contribution in [0.1, 0.15) is 31.4 Å². The smallest absolute Gasteiger partial charge is 0.349 e. The Morgan fingerprint density at radius 3 is 2.63 bits per heavy atom. The van der Waals surface area contributed by atoms with Crippen LogP contribution in [-0.2, 0) is 20.7 Å². The van der Waals surface area contributed by atoms with E-state index < -0.39 is 11.9 Å². The lowest BCUT2D eigenvalue weighted by atomic mass is 10.1. The molecule has 0 saturated carbocycles. The Morgan fingerprint density at radius 1 is 1.17 bits per heavy atom. The molecule has 0 heterocycles. The van der Waals surface area contributed by atoms with Gasteiger partial charge in [-0.05, 0) is 70.7 Å². The van der Waals surface area contributed by atoms with Crippen molar-refractivity contribution in [3.8, 4) is 17.6 Å². The molecule has 0 bridgehead atoms. The summed E-state index contributed by atoms with van der Waals surface area (Å²) in [6.07, 6.45) is 3.39. The average molecular weight is 472 g/mol. The van der Waals surface area contributed by atoms with Gasteiger partial charge in [-0.2, -0.15) is 5.26 Å². The Morgan fingerprint density at radius 2 is 1.97 bits per heavy atom. The number of aryl methyl sites for hydroxylation is 1. The number of carbonyl (C=O) groups excluding carboxylic acids is 2. The predicted octanol–water partition coefficient (Wildman–Crippen LogP) is 4.86. The van der Waals surface area contributed by atoms with Gasteiger partial charge in [0.15, 0.2) is 6.61 Å². The molecule has 0 aliphatic rings. The van der Waals surface area contributed by atoms with Crippen LogP contribution in [0.5, 0.6) is 11.5 Å². The van der Waals surface area contributed by atoms with Gasteiger partial charge in [-0.15, -0.1) is 0 Å². The van der Waals surface area contributed by atoms with Gasteiger partial charge in [-0.3, -0.25) is 0 Å². The highest BCUT2D eigenvalue weighted by atomic mass is 79.9. The average Bonchev–Trinajstić information content (AvgIpc) is 2.72. The van der Waals surface area contributed by atoms with Crippen molar-refractivity contribution >= 4 is 33.9 Å². The highest BCUT2D eigenvalue weighted by Gasteiger charge is 2.12.